The molecule has 0 spiro atoms. The van der Waals surface area contributed by atoms with Gasteiger partial charge in [-0.05, 0) is 26.2 Å². The van der Waals surface area contributed by atoms with E-state index in [1.165, 1.54) is 0 Å². The van der Waals surface area contributed by atoms with E-state index in [1.54, 1.807) is 11.8 Å². The predicted molar refractivity (Wildman–Crippen MR) is 78.4 cm³/mol. The van der Waals surface area contributed by atoms with Crippen LogP contribution in [-0.4, -0.2) is 40.2 Å². The summed E-state index contributed by atoms with van der Waals surface area (Å²) >= 11 is 0. The minimum absolute atomic E-state index is 0.00173. The predicted octanol–water partition coefficient (Wildman–Crippen LogP) is 2.00. The summed E-state index contributed by atoms with van der Waals surface area (Å²) in [6, 6.07) is 0. The maximum absolute atomic E-state index is 5.97. The first-order valence-electron chi connectivity index (χ1n) is 7.60. The Labute approximate surface area is 129 Å². The van der Waals surface area contributed by atoms with Gasteiger partial charge in [-0.25, -0.2) is 0 Å². The Hall–Kier alpha value is -1.73. The van der Waals surface area contributed by atoms with Crippen LogP contribution in [0.5, 0.6) is 0 Å². The van der Waals surface area contributed by atoms with Gasteiger partial charge in [-0.15, -0.1) is 0 Å². The number of nitrogens with zero attached hydrogens (tertiary/aromatic N) is 4. The van der Waals surface area contributed by atoms with E-state index in [0.29, 0.717) is 24.9 Å². The molecule has 2 aromatic heterocycles. The largest absolute Gasteiger partial charge is 0.381 e. The van der Waals surface area contributed by atoms with Crippen LogP contribution in [0.4, 0.5) is 0 Å². The summed E-state index contributed by atoms with van der Waals surface area (Å²) < 4.78 is 18.5. The number of ether oxygens (including phenoxy) is 2. The molecular formula is C15H22N4O3. The molecule has 2 aromatic rings. The third-order valence-corrected chi connectivity index (χ3v) is 4.18. The second kappa shape index (κ2) is 6.18. The smallest absolute Gasteiger partial charge is 0.234 e. The molecule has 0 radical (unpaired) electrons. The summed E-state index contributed by atoms with van der Waals surface area (Å²) in [5.41, 5.74) is 0.465. The topological polar surface area (TPSA) is 75.2 Å². The van der Waals surface area contributed by atoms with Gasteiger partial charge < -0.3 is 14.0 Å². The average molecular weight is 306 g/mol. The molecule has 0 amide bonds. The fourth-order valence-electron chi connectivity index (χ4n) is 2.84. The quantitative estimate of drug-likeness (QED) is 0.841. The fraction of sp³-hybridized carbons (Fsp3) is 0.667. The molecule has 0 aromatic carbocycles. The Balaban J connectivity index is 1.85. The highest BCUT2D eigenvalue weighted by atomic mass is 16.5. The van der Waals surface area contributed by atoms with Gasteiger partial charge in [0.25, 0.3) is 0 Å². The number of hydrogen-bond acceptors (Lipinski definition) is 6. The molecule has 1 aliphatic rings. The zero-order valence-electron chi connectivity index (χ0n) is 13.3. The van der Waals surface area contributed by atoms with Crippen molar-refractivity contribution < 1.29 is 14.0 Å². The van der Waals surface area contributed by atoms with E-state index in [9.17, 15) is 0 Å². The van der Waals surface area contributed by atoms with Gasteiger partial charge in [-0.1, -0.05) is 5.16 Å². The number of rotatable bonds is 5. The van der Waals surface area contributed by atoms with Crippen molar-refractivity contribution in [2.45, 2.75) is 37.7 Å². The van der Waals surface area contributed by atoms with E-state index in [-0.39, 0.29) is 5.92 Å². The maximum Gasteiger partial charge on any atom is 0.234 e. The van der Waals surface area contributed by atoms with Crippen LogP contribution in [0.2, 0.25) is 0 Å². The second-order valence-corrected chi connectivity index (χ2v) is 5.86. The summed E-state index contributed by atoms with van der Waals surface area (Å²) in [4.78, 5) is 4.59. The number of aryl methyl sites for hydroxylation is 1. The first-order chi connectivity index (χ1) is 10.6. The molecule has 1 aliphatic heterocycles. The molecule has 2 atom stereocenters. The molecule has 0 bridgehead atoms. The number of hydrogen-bond donors (Lipinski definition) is 0. The van der Waals surface area contributed by atoms with Crippen molar-refractivity contribution in [3.8, 4) is 0 Å². The Bertz CT molecular complexity index is 610. The summed E-state index contributed by atoms with van der Waals surface area (Å²) in [5, 5.41) is 8.35. The molecule has 120 valence electrons. The minimum Gasteiger partial charge on any atom is -0.381 e. The van der Waals surface area contributed by atoms with E-state index in [2.05, 4.69) is 15.2 Å². The van der Waals surface area contributed by atoms with Crippen LogP contribution >= 0.6 is 0 Å². The SMILES string of the molecule is COCC1(c2noc(C(C)c3cnn(C)c3)n2)CCCCO1. The van der Waals surface area contributed by atoms with Crippen LogP contribution in [0.25, 0.3) is 0 Å². The van der Waals surface area contributed by atoms with Gasteiger partial charge >= 0.3 is 0 Å². The fourth-order valence-corrected chi connectivity index (χ4v) is 2.84. The molecule has 7 nitrogen and oxygen atoms in total. The molecule has 1 saturated heterocycles. The van der Waals surface area contributed by atoms with Crippen LogP contribution in [0.15, 0.2) is 16.9 Å². The Morgan fingerprint density at radius 2 is 2.32 bits per heavy atom. The van der Waals surface area contributed by atoms with Gasteiger partial charge in [-0.3, -0.25) is 4.68 Å². The van der Waals surface area contributed by atoms with Crippen LogP contribution < -0.4 is 0 Å². The summed E-state index contributed by atoms with van der Waals surface area (Å²) in [7, 11) is 3.55. The molecule has 3 rings (SSSR count). The van der Waals surface area contributed by atoms with Gasteiger partial charge in [0.1, 0.15) is 0 Å². The van der Waals surface area contributed by atoms with Crippen LogP contribution in [-0.2, 0) is 22.1 Å². The molecule has 0 saturated carbocycles. The van der Waals surface area contributed by atoms with E-state index in [4.69, 9.17) is 14.0 Å². The molecule has 0 aliphatic carbocycles. The summed E-state index contributed by atoms with van der Waals surface area (Å²) in [5.74, 6) is 1.16. The van der Waals surface area contributed by atoms with E-state index < -0.39 is 5.60 Å². The Morgan fingerprint density at radius 1 is 1.45 bits per heavy atom. The van der Waals surface area contributed by atoms with Gasteiger partial charge in [-0.2, -0.15) is 10.1 Å². The third kappa shape index (κ3) is 2.78. The monoisotopic (exact) mass is 306 g/mol. The van der Waals surface area contributed by atoms with Crippen molar-refractivity contribution in [3.63, 3.8) is 0 Å². The van der Waals surface area contributed by atoms with Crippen LogP contribution in [0.3, 0.4) is 0 Å². The van der Waals surface area contributed by atoms with Crippen molar-refractivity contribution in [1.29, 1.82) is 0 Å². The zero-order valence-corrected chi connectivity index (χ0v) is 13.3. The molecule has 2 unspecified atom stereocenters. The van der Waals surface area contributed by atoms with Crippen molar-refractivity contribution in [1.82, 2.24) is 19.9 Å². The molecule has 22 heavy (non-hydrogen) atoms. The van der Waals surface area contributed by atoms with E-state index in [1.807, 2.05) is 26.4 Å². The normalized spacial score (nSPS) is 23.6. The highest BCUT2D eigenvalue weighted by molar-refractivity contribution is 5.18. The molecular weight excluding hydrogens is 284 g/mol. The van der Waals surface area contributed by atoms with Crippen molar-refractivity contribution in [2.75, 3.05) is 20.3 Å². The van der Waals surface area contributed by atoms with Crippen LogP contribution in [0, 0.1) is 0 Å². The summed E-state index contributed by atoms with van der Waals surface area (Å²) in [6.45, 7) is 3.16. The highest BCUT2D eigenvalue weighted by Crippen LogP contribution is 2.35. The third-order valence-electron chi connectivity index (χ3n) is 4.18. The van der Waals surface area contributed by atoms with Crippen molar-refractivity contribution >= 4 is 0 Å². The lowest BCUT2D eigenvalue weighted by Crippen LogP contribution is -2.39. The molecule has 3 heterocycles. The molecule has 1 fully saturated rings. The molecule has 0 N–H and O–H groups in total. The lowest BCUT2D eigenvalue weighted by Gasteiger charge is -2.33. The Morgan fingerprint density at radius 3 is 2.95 bits per heavy atom. The van der Waals surface area contributed by atoms with Gasteiger partial charge in [0.15, 0.2) is 5.60 Å². The number of methoxy groups -OCH3 is 1. The van der Waals surface area contributed by atoms with Crippen LogP contribution in [0.1, 0.15) is 49.4 Å². The van der Waals surface area contributed by atoms with Gasteiger partial charge in [0, 0.05) is 32.5 Å². The van der Waals surface area contributed by atoms with Crippen molar-refractivity contribution in [3.05, 3.63) is 29.7 Å². The lowest BCUT2D eigenvalue weighted by atomic mass is 9.93. The Kier molecular flexibility index (Phi) is 4.26. The first kappa shape index (κ1) is 15.2. The van der Waals surface area contributed by atoms with Gasteiger partial charge in [0.2, 0.25) is 11.7 Å². The second-order valence-electron chi connectivity index (χ2n) is 5.86. The average Bonchev–Trinajstić information content (AvgIpc) is 3.17. The van der Waals surface area contributed by atoms with Gasteiger partial charge in [0.05, 0.1) is 18.7 Å². The van der Waals surface area contributed by atoms with E-state index in [0.717, 1.165) is 24.8 Å². The lowest BCUT2D eigenvalue weighted by molar-refractivity contribution is -0.127. The highest BCUT2D eigenvalue weighted by Gasteiger charge is 2.40. The number of aromatic nitrogens is 4. The van der Waals surface area contributed by atoms with E-state index >= 15 is 0 Å². The summed E-state index contributed by atoms with van der Waals surface area (Å²) in [6.07, 6.45) is 6.75. The maximum atomic E-state index is 5.97. The zero-order chi connectivity index (χ0) is 15.6. The molecule has 7 heteroatoms. The standard InChI is InChI=1S/C15H22N4O3/c1-11(12-8-16-19(2)9-12)13-17-14(18-22-13)15(10-20-3)6-4-5-7-21-15/h8-9,11H,4-7,10H2,1-3H3. The first-order valence-corrected chi connectivity index (χ1v) is 7.60. The minimum atomic E-state index is -0.580. The van der Waals surface area contributed by atoms with Crippen molar-refractivity contribution in [2.24, 2.45) is 7.05 Å².